The lowest BCUT2D eigenvalue weighted by atomic mass is 10.1. The molecule has 0 aromatic rings. The average molecular weight is 245 g/mol. The Labute approximate surface area is 100.0 Å². The van der Waals surface area contributed by atoms with Crippen LogP contribution in [0.4, 0.5) is 4.79 Å². The summed E-state index contributed by atoms with van der Waals surface area (Å²) in [5.74, 6) is -1.84. The van der Waals surface area contributed by atoms with Gasteiger partial charge in [0.05, 0.1) is 12.5 Å². The highest BCUT2D eigenvalue weighted by atomic mass is 16.4. The minimum Gasteiger partial charge on any atom is -0.481 e. The summed E-state index contributed by atoms with van der Waals surface area (Å²) in [6, 6.07) is -0.545. The van der Waals surface area contributed by atoms with Crippen LogP contribution in [0.2, 0.25) is 0 Å². The van der Waals surface area contributed by atoms with Crippen molar-refractivity contribution in [2.24, 2.45) is 5.92 Å². The van der Waals surface area contributed by atoms with Gasteiger partial charge in [0.2, 0.25) is 5.91 Å². The van der Waals surface area contributed by atoms with E-state index in [1.54, 1.807) is 13.8 Å². The summed E-state index contributed by atoms with van der Waals surface area (Å²) in [7, 11) is 0. The molecular formula is C10H19N3O4. The third-order valence-corrected chi connectivity index (χ3v) is 2.13. The van der Waals surface area contributed by atoms with E-state index >= 15 is 0 Å². The van der Waals surface area contributed by atoms with Crippen molar-refractivity contribution in [3.63, 3.8) is 0 Å². The lowest BCUT2D eigenvalue weighted by Crippen LogP contribution is -2.44. The van der Waals surface area contributed by atoms with E-state index in [-0.39, 0.29) is 19.0 Å². The molecule has 0 aliphatic rings. The molecule has 17 heavy (non-hydrogen) atoms. The fraction of sp³-hybridized carbons (Fsp3) is 0.700. The summed E-state index contributed by atoms with van der Waals surface area (Å²) < 4.78 is 0. The van der Waals surface area contributed by atoms with Gasteiger partial charge in [-0.15, -0.1) is 0 Å². The molecule has 0 aliphatic carbocycles. The molecule has 0 aromatic carbocycles. The number of carbonyl (C=O) groups excluding carboxylic acids is 2. The maximum absolute atomic E-state index is 11.2. The number of carbonyl (C=O) groups is 3. The molecule has 0 saturated heterocycles. The highest BCUT2D eigenvalue weighted by molar-refractivity contribution is 5.84. The highest BCUT2D eigenvalue weighted by Gasteiger charge is 2.15. The van der Waals surface area contributed by atoms with E-state index in [0.717, 1.165) is 0 Å². The third-order valence-electron chi connectivity index (χ3n) is 2.13. The number of hydrogen-bond donors (Lipinski definition) is 4. The minimum absolute atomic E-state index is 0.0487. The van der Waals surface area contributed by atoms with E-state index in [4.69, 9.17) is 5.11 Å². The SMILES string of the molecule is CCNC(=O)CNC(=O)NCC(CC)C(=O)O. The fourth-order valence-electron chi connectivity index (χ4n) is 1.10. The summed E-state index contributed by atoms with van der Waals surface area (Å²) in [5.41, 5.74) is 0. The van der Waals surface area contributed by atoms with Gasteiger partial charge in [0, 0.05) is 13.1 Å². The lowest BCUT2D eigenvalue weighted by Gasteiger charge is -2.11. The smallest absolute Gasteiger partial charge is 0.315 e. The summed E-state index contributed by atoms with van der Waals surface area (Å²) in [4.78, 5) is 32.9. The predicted molar refractivity (Wildman–Crippen MR) is 61.5 cm³/mol. The van der Waals surface area contributed by atoms with Gasteiger partial charge in [0.25, 0.3) is 0 Å². The van der Waals surface area contributed by atoms with E-state index < -0.39 is 17.9 Å². The van der Waals surface area contributed by atoms with Gasteiger partial charge in [-0.2, -0.15) is 0 Å². The predicted octanol–water partition coefficient (Wildman–Crippen LogP) is -0.467. The first kappa shape index (κ1) is 15.2. The van der Waals surface area contributed by atoms with E-state index in [1.807, 2.05) is 0 Å². The largest absolute Gasteiger partial charge is 0.481 e. The van der Waals surface area contributed by atoms with Gasteiger partial charge < -0.3 is 21.1 Å². The second-order valence-electron chi connectivity index (χ2n) is 3.46. The number of rotatable bonds is 7. The Hall–Kier alpha value is -1.79. The number of urea groups is 1. The molecule has 0 aromatic heterocycles. The quantitative estimate of drug-likeness (QED) is 0.486. The lowest BCUT2D eigenvalue weighted by molar-refractivity contribution is -0.141. The summed E-state index contributed by atoms with van der Waals surface area (Å²) in [6.45, 7) is 3.93. The number of aliphatic carboxylic acids is 1. The number of nitrogens with one attached hydrogen (secondary N) is 3. The molecule has 0 saturated carbocycles. The van der Waals surface area contributed by atoms with Gasteiger partial charge in [0.1, 0.15) is 0 Å². The monoisotopic (exact) mass is 245 g/mol. The Balaban J connectivity index is 3.79. The first-order valence-corrected chi connectivity index (χ1v) is 5.52. The van der Waals surface area contributed by atoms with Crippen LogP contribution < -0.4 is 16.0 Å². The molecule has 0 spiro atoms. The van der Waals surface area contributed by atoms with Gasteiger partial charge in [-0.3, -0.25) is 9.59 Å². The van der Waals surface area contributed by atoms with E-state index in [9.17, 15) is 14.4 Å². The van der Waals surface area contributed by atoms with Crippen LogP contribution >= 0.6 is 0 Å². The zero-order chi connectivity index (χ0) is 13.3. The van der Waals surface area contributed by atoms with Crippen molar-refractivity contribution in [3.05, 3.63) is 0 Å². The van der Waals surface area contributed by atoms with Gasteiger partial charge >= 0.3 is 12.0 Å². The van der Waals surface area contributed by atoms with E-state index in [0.29, 0.717) is 13.0 Å². The van der Waals surface area contributed by atoms with Gasteiger partial charge in [-0.1, -0.05) is 6.92 Å². The second-order valence-corrected chi connectivity index (χ2v) is 3.46. The standard InChI is InChI=1S/C10H19N3O4/c1-3-7(9(15)16)5-12-10(17)13-6-8(14)11-4-2/h7H,3-6H2,1-2H3,(H,11,14)(H,15,16)(H2,12,13,17). The Morgan fingerprint density at radius 1 is 1.12 bits per heavy atom. The molecule has 0 radical (unpaired) electrons. The molecule has 0 fully saturated rings. The Kier molecular flexibility index (Phi) is 7.49. The number of amides is 3. The normalized spacial score (nSPS) is 11.4. The average Bonchev–Trinajstić information content (AvgIpc) is 2.27. The number of carboxylic acids is 1. The summed E-state index contributed by atoms with van der Waals surface area (Å²) in [6.07, 6.45) is 0.436. The topological polar surface area (TPSA) is 108 Å². The molecule has 1 atom stereocenters. The zero-order valence-electron chi connectivity index (χ0n) is 10.1. The molecule has 3 amide bonds. The van der Waals surface area contributed by atoms with E-state index in [1.165, 1.54) is 0 Å². The molecule has 1 unspecified atom stereocenters. The minimum atomic E-state index is -0.948. The van der Waals surface area contributed by atoms with Crippen molar-refractivity contribution in [2.75, 3.05) is 19.6 Å². The van der Waals surface area contributed by atoms with Crippen LogP contribution in [0, 0.1) is 5.92 Å². The zero-order valence-corrected chi connectivity index (χ0v) is 10.1. The molecule has 0 heterocycles. The van der Waals surface area contributed by atoms with Crippen molar-refractivity contribution >= 4 is 17.9 Å². The van der Waals surface area contributed by atoms with Crippen LogP contribution in [0.5, 0.6) is 0 Å². The van der Waals surface area contributed by atoms with Crippen molar-refractivity contribution in [3.8, 4) is 0 Å². The first-order valence-electron chi connectivity index (χ1n) is 5.52. The van der Waals surface area contributed by atoms with E-state index in [2.05, 4.69) is 16.0 Å². The van der Waals surface area contributed by atoms with Crippen LogP contribution in [0.1, 0.15) is 20.3 Å². The Morgan fingerprint density at radius 2 is 1.76 bits per heavy atom. The Bertz CT molecular complexity index is 281. The number of hydrogen-bond acceptors (Lipinski definition) is 3. The number of carboxylic acid groups (broad SMARTS) is 1. The Morgan fingerprint density at radius 3 is 2.24 bits per heavy atom. The molecule has 7 nitrogen and oxygen atoms in total. The molecular weight excluding hydrogens is 226 g/mol. The molecule has 0 rings (SSSR count). The van der Waals surface area contributed by atoms with Crippen LogP contribution in [-0.2, 0) is 9.59 Å². The third kappa shape index (κ3) is 7.15. The maximum atomic E-state index is 11.2. The number of likely N-dealkylation sites (N-methyl/N-ethyl adjacent to an activating group) is 1. The molecule has 7 heteroatoms. The molecule has 0 bridgehead atoms. The van der Waals surface area contributed by atoms with Gasteiger partial charge in [0.15, 0.2) is 0 Å². The highest BCUT2D eigenvalue weighted by Crippen LogP contribution is 1.99. The van der Waals surface area contributed by atoms with Crippen LogP contribution in [0.3, 0.4) is 0 Å². The van der Waals surface area contributed by atoms with Crippen molar-refractivity contribution in [1.29, 1.82) is 0 Å². The van der Waals surface area contributed by atoms with Gasteiger partial charge in [-0.25, -0.2) is 4.79 Å². The van der Waals surface area contributed by atoms with Gasteiger partial charge in [-0.05, 0) is 13.3 Å². The van der Waals surface area contributed by atoms with Crippen molar-refractivity contribution in [2.45, 2.75) is 20.3 Å². The summed E-state index contributed by atoms with van der Waals surface area (Å²) >= 11 is 0. The fourth-order valence-corrected chi connectivity index (χ4v) is 1.10. The van der Waals surface area contributed by atoms with Crippen LogP contribution in [-0.4, -0.2) is 42.6 Å². The van der Waals surface area contributed by atoms with Crippen molar-refractivity contribution < 1.29 is 19.5 Å². The van der Waals surface area contributed by atoms with Crippen LogP contribution in [0.15, 0.2) is 0 Å². The maximum Gasteiger partial charge on any atom is 0.315 e. The molecule has 0 aliphatic heterocycles. The van der Waals surface area contributed by atoms with Crippen molar-refractivity contribution in [1.82, 2.24) is 16.0 Å². The first-order chi connectivity index (χ1) is 8.01. The van der Waals surface area contributed by atoms with Crippen LogP contribution in [0.25, 0.3) is 0 Å². The second kappa shape index (κ2) is 8.37. The molecule has 98 valence electrons. The molecule has 4 N–H and O–H groups in total. The summed E-state index contributed by atoms with van der Waals surface area (Å²) in [5, 5.41) is 16.0.